The van der Waals surface area contributed by atoms with Gasteiger partial charge in [0.25, 0.3) is 0 Å². The van der Waals surface area contributed by atoms with E-state index in [1.165, 1.54) is 0 Å². The zero-order chi connectivity index (χ0) is 13.1. The Kier molecular flexibility index (Phi) is 2.98. The molecule has 0 aliphatic heterocycles. The highest BCUT2D eigenvalue weighted by atomic mass is 15.1. The van der Waals surface area contributed by atoms with Crippen LogP contribution in [0.1, 0.15) is 5.69 Å². The maximum absolute atomic E-state index is 4.27. The van der Waals surface area contributed by atoms with E-state index in [0.717, 1.165) is 28.2 Å². The van der Waals surface area contributed by atoms with Crippen molar-refractivity contribution in [1.29, 1.82) is 0 Å². The van der Waals surface area contributed by atoms with Crippen LogP contribution in [0, 0.1) is 6.92 Å². The van der Waals surface area contributed by atoms with Crippen LogP contribution in [0.15, 0.2) is 55.0 Å². The van der Waals surface area contributed by atoms with Crippen LogP contribution in [0.2, 0.25) is 0 Å². The zero-order valence-electron chi connectivity index (χ0n) is 10.5. The summed E-state index contributed by atoms with van der Waals surface area (Å²) in [5.41, 5.74) is 4.73. The Morgan fingerprint density at radius 1 is 0.737 bits per heavy atom. The molecule has 1 aromatic carbocycles. The van der Waals surface area contributed by atoms with Crippen LogP contribution in [0.5, 0.6) is 0 Å². The number of benzene rings is 1. The lowest BCUT2D eigenvalue weighted by Gasteiger charge is -2.03. The SMILES string of the molecule is Cc1ccc(-c2ccc(-c3cnccn3)cc2)nn1. The van der Waals surface area contributed by atoms with E-state index in [-0.39, 0.29) is 0 Å². The number of aromatic nitrogens is 4. The van der Waals surface area contributed by atoms with Gasteiger partial charge in [-0.2, -0.15) is 10.2 Å². The molecule has 0 atom stereocenters. The summed E-state index contributed by atoms with van der Waals surface area (Å²) in [7, 11) is 0. The monoisotopic (exact) mass is 248 g/mol. The van der Waals surface area contributed by atoms with Gasteiger partial charge < -0.3 is 0 Å². The third kappa shape index (κ3) is 2.47. The van der Waals surface area contributed by atoms with E-state index in [2.05, 4.69) is 20.2 Å². The molecule has 0 saturated carbocycles. The molecule has 19 heavy (non-hydrogen) atoms. The minimum absolute atomic E-state index is 0.865. The van der Waals surface area contributed by atoms with Crippen LogP contribution in [-0.2, 0) is 0 Å². The van der Waals surface area contributed by atoms with Gasteiger partial charge in [0.05, 0.1) is 23.3 Å². The minimum atomic E-state index is 0.865. The van der Waals surface area contributed by atoms with Crippen molar-refractivity contribution < 1.29 is 0 Å². The first-order valence-electron chi connectivity index (χ1n) is 6.00. The molecule has 0 aliphatic rings. The van der Waals surface area contributed by atoms with Crippen molar-refractivity contribution in [2.45, 2.75) is 6.92 Å². The van der Waals surface area contributed by atoms with Gasteiger partial charge in [0.2, 0.25) is 0 Å². The molecule has 2 aromatic heterocycles. The van der Waals surface area contributed by atoms with Crippen molar-refractivity contribution in [2.75, 3.05) is 0 Å². The van der Waals surface area contributed by atoms with Crippen LogP contribution >= 0.6 is 0 Å². The molecule has 3 rings (SSSR count). The van der Waals surface area contributed by atoms with Crippen molar-refractivity contribution in [2.24, 2.45) is 0 Å². The summed E-state index contributed by atoms with van der Waals surface area (Å²) in [4.78, 5) is 8.34. The molecule has 0 spiro atoms. The molecule has 3 aromatic rings. The normalized spacial score (nSPS) is 10.4. The Morgan fingerprint density at radius 2 is 1.47 bits per heavy atom. The lowest BCUT2D eigenvalue weighted by atomic mass is 10.1. The lowest BCUT2D eigenvalue weighted by molar-refractivity contribution is 0.987. The van der Waals surface area contributed by atoms with Gasteiger partial charge in [-0.25, -0.2) is 0 Å². The summed E-state index contributed by atoms with van der Waals surface area (Å²) >= 11 is 0. The van der Waals surface area contributed by atoms with Crippen LogP contribution in [-0.4, -0.2) is 20.2 Å². The Hall–Kier alpha value is -2.62. The third-order valence-electron chi connectivity index (χ3n) is 2.84. The highest BCUT2D eigenvalue weighted by Crippen LogP contribution is 2.21. The average molecular weight is 248 g/mol. The molecular weight excluding hydrogens is 236 g/mol. The molecule has 4 nitrogen and oxygen atoms in total. The van der Waals surface area contributed by atoms with E-state index < -0.39 is 0 Å². The van der Waals surface area contributed by atoms with E-state index in [1.54, 1.807) is 18.6 Å². The predicted molar refractivity (Wildman–Crippen MR) is 73.2 cm³/mol. The van der Waals surface area contributed by atoms with Gasteiger partial charge in [-0.15, -0.1) is 0 Å². The largest absolute Gasteiger partial charge is 0.261 e. The van der Waals surface area contributed by atoms with Gasteiger partial charge in [-0.3, -0.25) is 9.97 Å². The van der Waals surface area contributed by atoms with Crippen molar-refractivity contribution in [1.82, 2.24) is 20.2 Å². The molecule has 0 unspecified atom stereocenters. The van der Waals surface area contributed by atoms with E-state index in [9.17, 15) is 0 Å². The predicted octanol–water partition coefficient (Wildman–Crippen LogP) is 2.91. The Morgan fingerprint density at radius 3 is 2.05 bits per heavy atom. The van der Waals surface area contributed by atoms with E-state index in [4.69, 9.17) is 0 Å². The number of hydrogen-bond donors (Lipinski definition) is 0. The van der Waals surface area contributed by atoms with Gasteiger partial charge in [-0.1, -0.05) is 24.3 Å². The second-order valence-electron chi connectivity index (χ2n) is 4.23. The van der Waals surface area contributed by atoms with Gasteiger partial charge in [0.15, 0.2) is 0 Å². The van der Waals surface area contributed by atoms with E-state index in [1.807, 2.05) is 43.3 Å². The highest BCUT2D eigenvalue weighted by Gasteiger charge is 2.02. The van der Waals surface area contributed by atoms with Crippen molar-refractivity contribution in [3.05, 3.63) is 60.7 Å². The van der Waals surface area contributed by atoms with Gasteiger partial charge in [0.1, 0.15) is 0 Å². The summed E-state index contributed by atoms with van der Waals surface area (Å²) < 4.78 is 0. The number of rotatable bonds is 2. The van der Waals surface area contributed by atoms with Gasteiger partial charge in [0, 0.05) is 23.5 Å². The fourth-order valence-electron chi connectivity index (χ4n) is 1.81. The maximum Gasteiger partial charge on any atom is 0.0929 e. The highest BCUT2D eigenvalue weighted by molar-refractivity contribution is 5.65. The van der Waals surface area contributed by atoms with Gasteiger partial charge >= 0.3 is 0 Å². The van der Waals surface area contributed by atoms with E-state index >= 15 is 0 Å². The first kappa shape index (κ1) is 11.5. The molecule has 4 heteroatoms. The van der Waals surface area contributed by atoms with Crippen LogP contribution < -0.4 is 0 Å². The molecule has 0 bridgehead atoms. The molecule has 92 valence electrons. The Labute approximate surface area is 111 Å². The lowest BCUT2D eigenvalue weighted by Crippen LogP contribution is -1.90. The summed E-state index contributed by atoms with van der Waals surface area (Å²) in [6, 6.07) is 12.0. The molecule has 0 N–H and O–H groups in total. The van der Waals surface area contributed by atoms with Crippen LogP contribution in [0.3, 0.4) is 0 Å². The van der Waals surface area contributed by atoms with Crippen LogP contribution in [0.4, 0.5) is 0 Å². The number of aryl methyl sites for hydroxylation is 1. The molecule has 0 amide bonds. The molecule has 0 saturated heterocycles. The number of nitrogens with zero attached hydrogens (tertiary/aromatic N) is 4. The Balaban J connectivity index is 1.93. The second kappa shape index (κ2) is 4.94. The van der Waals surface area contributed by atoms with Gasteiger partial charge in [-0.05, 0) is 19.1 Å². The molecule has 0 radical (unpaired) electrons. The summed E-state index contributed by atoms with van der Waals surface area (Å²) in [6.45, 7) is 1.92. The average Bonchev–Trinajstić information content (AvgIpc) is 2.49. The molecule has 0 aliphatic carbocycles. The molecule has 0 fully saturated rings. The summed E-state index contributed by atoms with van der Waals surface area (Å²) in [6.07, 6.45) is 5.11. The quantitative estimate of drug-likeness (QED) is 0.699. The fraction of sp³-hybridized carbons (Fsp3) is 0.0667. The summed E-state index contributed by atoms with van der Waals surface area (Å²) in [5.74, 6) is 0. The minimum Gasteiger partial charge on any atom is -0.261 e. The molecule has 2 heterocycles. The Bertz CT molecular complexity index is 661. The smallest absolute Gasteiger partial charge is 0.0929 e. The molecular formula is C15H12N4. The van der Waals surface area contributed by atoms with Crippen molar-refractivity contribution in [3.63, 3.8) is 0 Å². The first-order valence-corrected chi connectivity index (χ1v) is 6.00. The second-order valence-corrected chi connectivity index (χ2v) is 4.23. The topological polar surface area (TPSA) is 51.6 Å². The van der Waals surface area contributed by atoms with E-state index in [0.29, 0.717) is 0 Å². The fourth-order valence-corrected chi connectivity index (χ4v) is 1.81. The van der Waals surface area contributed by atoms with Crippen LogP contribution in [0.25, 0.3) is 22.5 Å². The van der Waals surface area contributed by atoms with Crippen molar-refractivity contribution >= 4 is 0 Å². The third-order valence-corrected chi connectivity index (χ3v) is 2.84. The standard InChI is InChI=1S/C15H12N4/c1-11-2-7-14(19-18-11)12-3-5-13(6-4-12)15-10-16-8-9-17-15/h2-10H,1H3. The first-order chi connectivity index (χ1) is 9.33. The zero-order valence-corrected chi connectivity index (χ0v) is 10.5. The maximum atomic E-state index is 4.27. The summed E-state index contributed by atoms with van der Waals surface area (Å²) in [5, 5.41) is 8.24. The number of hydrogen-bond acceptors (Lipinski definition) is 4. The van der Waals surface area contributed by atoms with Crippen molar-refractivity contribution in [3.8, 4) is 22.5 Å².